The Morgan fingerprint density at radius 2 is 1.82 bits per heavy atom. The highest BCUT2D eigenvalue weighted by atomic mass is 32.3. The standard InChI is InChI=1S/C10H22S/c1-6-7-11(4,5)9-8(2)10(9,11)3/h8-9,11H,6-7H2,1-5H3. The van der Waals surface area contributed by atoms with Crippen LogP contribution in [-0.4, -0.2) is 28.3 Å². The average Bonchev–Trinajstić information content (AvgIpc) is 2.52. The van der Waals surface area contributed by atoms with Crippen LogP contribution in [-0.2, 0) is 0 Å². The molecule has 2 fully saturated rings. The Kier molecular flexibility index (Phi) is 1.11. The molecule has 1 heterocycles. The zero-order valence-electron chi connectivity index (χ0n) is 8.52. The summed E-state index contributed by atoms with van der Waals surface area (Å²) in [6.07, 6.45) is 6.66. The summed E-state index contributed by atoms with van der Waals surface area (Å²) in [5.41, 5.74) is 0. The number of rotatable bonds is 2. The first-order valence-corrected chi connectivity index (χ1v) is 8.27. The first kappa shape index (κ1) is 7.97. The first-order chi connectivity index (χ1) is 4.89. The van der Waals surface area contributed by atoms with E-state index in [1.165, 1.54) is 11.7 Å². The van der Waals surface area contributed by atoms with Gasteiger partial charge in [0.15, 0.2) is 0 Å². The van der Waals surface area contributed by atoms with E-state index in [0.717, 1.165) is 10.7 Å². The van der Waals surface area contributed by atoms with Crippen molar-refractivity contribution in [3.05, 3.63) is 0 Å². The van der Waals surface area contributed by atoms with Gasteiger partial charge in [0.05, 0.1) is 0 Å². The molecule has 11 heavy (non-hydrogen) atoms. The first-order valence-electron chi connectivity index (χ1n) is 4.89. The van der Waals surface area contributed by atoms with Gasteiger partial charge in [0.1, 0.15) is 0 Å². The van der Waals surface area contributed by atoms with Gasteiger partial charge >= 0.3 is 0 Å². The predicted octanol–water partition coefficient (Wildman–Crippen LogP) is 2.52. The molecule has 1 saturated carbocycles. The van der Waals surface area contributed by atoms with Crippen LogP contribution in [0.4, 0.5) is 0 Å². The topological polar surface area (TPSA) is 0 Å². The molecule has 2 rings (SSSR count). The largest absolute Gasteiger partial charge is 0.278 e. The zero-order valence-corrected chi connectivity index (χ0v) is 9.41. The van der Waals surface area contributed by atoms with Gasteiger partial charge in [-0.3, -0.25) is 9.16 Å². The highest BCUT2D eigenvalue weighted by molar-refractivity contribution is 8.57. The van der Waals surface area contributed by atoms with Gasteiger partial charge in [-0.2, -0.15) is 0 Å². The summed E-state index contributed by atoms with van der Waals surface area (Å²) in [5, 5.41) is 1.17. The lowest BCUT2D eigenvalue weighted by atomic mass is 10.4. The fourth-order valence-electron chi connectivity index (χ4n) is 4.23. The average molecular weight is 174 g/mol. The highest BCUT2D eigenvalue weighted by Crippen LogP contribution is 3.07. The Labute approximate surface area is 71.0 Å². The Balaban J connectivity index is 2.18. The molecule has 0 radical (unpaired) electrons. The van der Waals surface area contributed by atoms with Crippen LogP contribution in [0.15, 0.2) is 0 Å². The van der Waals surface area contributed by atoms with Crippen LogP contribution in [0.25, 0.3) is 0 Å². The van der Waals surface area contributed by atoms with E-state index in [1.54, 1.807) is 5.75 Å². The molecule has 1 heteroatoms. The maximum absolute atomic E-state index is 2.62. The Morgan fingerprint density at radius 1 is 1.36 bits per heavy atom. The SMILES string of the molecule is CCC[SH]1(C)(C)C2C(C)C21C. The van der Waals surface area contributed by atoms with E-state index in [4.69, 9.17) is 0 Å². The molecule has 0 aromatic rings. The Hall–Kier alpha value is 0.350. The van der Waals surface area contributed by atoms with E-state index < -0.39 is 9.16 Å². The second-order valence-corrected chi connectivity index (χ2v) is 12.7. The van der Waals surface area contributed by atoms with E-state index in [2.05, 4.69) is 33.3 Å². The predicted molar refractivity (Wildman–Crippen MR) is 57.3 cm³/mol. The van der Waals surface area contributed by atoms with Crippen molar-refractivity contribution in [2.24, 2.45) is 5.92 Å². The molecule has 0 nitrogen and oxygen atoms in total. The smallest absolute Gasteiger partial charge is 0.00228 e. The van der Waals surface area contributed by atoms with Crippen LogP contribution in [0.2, 0.25) is 0 Å². The third-order valence-electron chi connectivity index (χ3n) is 5.20. The van der Waals surface area contributed by atoms with Gasteiger partial charge in [-0.1, -0.05) is 20.8 Å². The summed E-state index contributed by atoms with van der Waals surface area (Å²) in [5.74, 6) is 2.62. The fraction of sp³-hybridized carbons (Fsp3) is 1.00. The van der Waals surface area contributed by atoms with Crippen molar-refractivity contribution in [3.8, 4) is 0 Å². The van der Waals surface area contributed by atoms with Crippen LogP contribution in [0, 0.1) is 5.92 Å². The summed E-state index contributed by atoms with van der Waals surface area (Å²) < 4.78 is 0.849. The van der Waals surface area contributed by atoms with E-state index in [-0.39, 0.29) is 0 Å². The molecule has 0 spiro atoms. The summed E-state index contributed by atoms with van der Waals surface area (Å²) in [7, 11) is -1.06. The minimum Gasteiger partial charge on any atom is -0.278 e. The maximum Gasteiger partial charge on any atom is -0.00228 e. The van der Waals surface area contributed by atoms with Crippen LogP contribution in [0.5, 0.6) is 0 Å². The van der Waals surface area contributed by atoms with E-state index in [0.29, 0.717) is 0 Å². The van der Waals surface area contributed by atoms with E-state index >= 15 is 0 Å². The summed E-state index contributed by atoms with van der Waals surface area (Å²) in [6, 6.07) is 0. The Morgan fingerprint density at radius 3 is 2.09 bits per heavy atom. The molecule has 3 atom stereocenters. The summed E-state index contributed by atoms with van der Waals surface area (Å²) in [4.78, 5) is 0. The second kappa shape index (κ2) is 1.53. The minimum atomic E-state index is -1.06. The lowest BCUT2D eigenvalue weighted by Crippen LogP contribution is -2.22. The molecule has 0 aromatic heterocycles. The Bertz CT molecular complexity index is 219. The van der Waals surface area contributed by atoms with Gasteiger partial charge < -0.3 is 0 Å². The molecule has 0 bridgehead atoms. The molecule has 1 aliphatic heterocycles. The fourth-order valence-corrected chi connectivity index (χ4v) is 12.9. The lowest BCUT2D eigenvalue weighted by Gasteiger charge is -2.49. The number of hydrogen-bond donors (Lipinski definition) is 1. The van der Waals surface area contributed by atoms with Crippen molar-refractivity contribution in [1.82, 2.24) is 0 Å². The molecule has 1 aliphatic carbocycles. The van der Waals surface area contributed by atoms with Gasteiger partial charge in [-0.25, -0.2) is 0 Å². The molecular formula is C10H22S. The van der Waals surface area contributed by atoms with Crippen LogP contribution in [0.3, 0.4) is 0 Å². The lowest BCUT2D eigenvalue weighted by molar-refractivity contribution is 0.839. The summed E-state index contributed by atoms with van der Waals surface area (Å²) >= 11 is 0. The molecular weight excluding hydrogens is 152 g/mol. The monoisotopic (exact) mass is 174 g/mol. The van der Waals surface area contributed by atoms with Crippen molar-refractivity contribution >= 4 is 9.16 Å². The third-order valence-corrected chi connectivity index (χ3v) is 13.4. The van der Waals surface area contributed by atoms with Crippen LogP contribution < -0.4 is 0 Å². The van der Waals surface area contributed by atoms with Gasteiger partial charge in [0.25, 0.3) is 0 Å². The number of fused-ring (bicyclic) bond motifs is 1. The number of hydrogen-bond acceptors (Lipinski definition) is 0. The number of thiol groups is 1. The highest BCUT2D eigenvalue weighted by Gasteiger charge is 2.90. The molecule has 1 saturated heterocycles. The molecule has 68 valence electrons. The molecule has 0 amide bonds. The van der Waals surface area contributed by atoms with Crippen molar-refractivity contribution in [1.29, 1.82) is 0 Å². The minimum absolute atomic E-state index is 0.849. The van der Waals surface area contributed by atoms with Gasteiger partial charge in [0.2, 0.25) is 0 Å². The van der Waals surface area contributed by atoms with Crippen molar-refractivity contribution in [3.63, 3.8) is 0 Å². The van der Waals surface area contributed by atoms with Crippen molar-refractivity contribution in [2.45, 2.75) is 37.2 Å². The van der Waals surface area contributed by atoms with E-state index in [9.17, 15) is 0 Å². The van der Waals surface area contributed by atoms with Crippen molar-refractivity contribution < 1.29 is 0 Å². The van der Waals surface area contributed by atoms with Crippen LogP contribution >= 0.6 is 9.16 Å². The van der Waals surface area contributed by atoms with Gasteiger partial charge in [-0.05, 0) is 40.6 Å². The quantitative estimate of drug-likeness (QED) is 0.483. The zero-order chi connectivity index (χ0) is 8.52. The maximum atomic E-state index is 2.62. The molecule has 2 aliphatic rings. The molecule has 0 N–H and O–H groups in total. The van der Waals surface area contributed by atoms with Crippen LogP contribution in [0.1, 0.15) is 27.2 Å². The van der Waals surface area contributed by atoms with E-state index in [1.807, 2.05) is 0 Å². The van der Waals surface area contributed by atoms with Crippen molar-refractivity contribution in [2.75, 3.05) is 18.3 Å². The second-order valence-electron chi connectivity index (χ2n) is 5.70. The normalized spacial score (nSPS) is 58.8. The molecule has 3 unspecified atom stereocenters. The summed E-state index contributed by atoms with van der Waals surface area (Å²) in [6.45, 7) is 7.32. The third kappa shape index (κ3) is 0.517. The van der Waals surface area contributed by atoms with Gasteiger partial charge in [0, 0.05) is 0 Å². The molecule has 0 aromatic carbocycles. The van der Waals surface area contributed by atoms with Gasteiger partial charge in [-0.15, -0.1) is 0 Å².